The Morgan fingerprint density at radius 2 is 1.69 bits per heavy atom. The van der Waals surface area contributed by atoms with Crippen LogP contribution < -0.4 is 9.80 Å². The molecule has 1 aromatic carbocycles. The van der Waals surface area contributed by atoms with Crippen LogP contribution in [0.4, 0.5) is 11.6 Å². The number of carbonyl (C=O) groups is 1. The Hall–Kier alpha value is -2.37. The van der Waals surface area contributed by atoms with Crippen molar-refractivity contribution in [3.05, 3.63) is 24.3 Å². The van der Waals surface area contributed by atoms with E-state index in [2.05, 4.69) is 9.80 Å². The van der Waals surface area contributed by atoms with Gasteiger partial charge in [-0.2, -0.15) is 0 Å². The van der Waals surface area contributed by atoms with Crippen LogP contribution in [0, 0.1) is 11.3 Å². The molecule has 6 nitrogen and oxygen atoms in total. The first-order valence-corrected chi connectivity index (χ1v) is 9.67. The lowest BCUT2D eigenvalue weighted by Gasteiger charge is -2.27. The summed E-state index contributed by atoms with van der Waals surface area (Å²) in [5.74, 6) is 1.39. The maximum Gasteiger partial charge on any atom is 0.311 e. The van der Waals surface area contributed by atoms with Gasteiger partial charge in [0, 0.05) is 26.2 Å². The molecular formula is C20H24N4O2. The fourth-order valence-electron chi connectivity index (χ4n) is 5.13. The van der Waals surface area contributed by atoms with Crippen LogP contribution in [-0.4, -0.2) is 47.2 Å². The first-order chi connectivity index (χ1) is 12.7. The van der Waals surface area contributed by atoms with Gasteiger partial charge in [0.15, 0.2) is 11.6 Å². The molecule has 2 atom stereocenters. The van der Waals surface area contributed by atoms with Crippen molar-refractivity contribution in [3.8, 4) is 0 Å². The van der Waals surface area contributed by atoms with E-state index in [-0.39, 0.29) is 5.92 Å². The maximum atomic E-state index is 12.1. The molecule has 5 rings (SSSR count). The number of carboxylic acids is 1. The second-order valence-electron chi connectivity index (χ2n) is 7.98. The van der Waals surface area contributed by atoms with Crippen molar-refractivity contribution < 1.29 is 9.90 Å². The molecule has 3 heterocycles. The molecule has 26 heavy (non-hydrogen) atoms. The van der Waals surface area contributed by atoms with Crippen molar-refractivity contribution in [2.45, 2.75) is 32.1 Å². The van der Waals surface area contributed by atoms with Crippen molar-refractivity contribution in [3.63, 3.8) is 0 Å². The number of hydrogen-bond donors (Lipinski definition) is 1. The molecule has 1 N–H and O–H groups in total. The molecule has 2 aromatic rings. The van der Waals surface area contributed by atoms with Crippen molar-refractivity contribution in [2.75, 3.05) is 36.0 Å². The van der Waals surface area contributed by atoms with Gasteiger partial charge in [0.05, 0.1) is 16.4 Å². The van der Waals surface area contributed by atoms with Gasteiger partial charge >= 0.3 is 5.97 Å². The van der Waals surface area contributed by atoms with Gasteiger partial charge in [-0.15, -0.1) is 0 Å². The van der Waals surface area contributed by atoms with Crippen LogP contribution in [-0.2, 0) is 4.79 Å². The second kappa shape index (κ2) is 5.83. The summed E-state index contributed by atoms with van der Waals surface area (Å²) in [4.78, 5) is 26.5. The van der Waals surface area contributed by atoms with Crippen molar-refractivity contribution in [1.82, 2.24) is 9.97 Å². The molecule has 2 aliphatic heterocycles. The Morgan fingerprint density at radius 1 is 1.04 bits per heavy atom. The number of para-hydroxylation sites is 2. The van der Waals surface area contributed by atoms with Crippen molar-refractivity contribution >= 4 is 28.6 Å². The Kier molecular flexibility index (Phi) is 3.55. The second-order valence-corrected chi connectivity index (χ2v) is 7.98. The topological polar surface area (TPSA) is 69.6 Å². The Labute approximate surface area is 152 Å². The molecule has 0 spiro atoms. The van der Waals surface area contributed by atoms with E-state index in [4.69, 9.17) is 9.97 Å². The van der Waals surface area contributed by atoms with E-state index in [1.165, 1.54) is 12.8 Å². The maximum absolute atomic E-state index is 12.1. The zero-order chi connectivity index (χ0) is 17.7. The molecule has 6 heteroatoms. The number of hydrogen-bond acceptors (Lipinski definition) is 5. The molecule has 1 aliphatic carbocycles. The van der Waals surface area contributed by atoms with Crippen molar-refractivity contribution in [2.24, 2.45) is 11.3 Å². The molecule has 2 saturated heterocycles. The van der Waals surface area contributed by atoms with Crippen LogP contribution >= 0.6 is 0 Å². The van der Waals surface area contributed by atoms with E-state index in [1.807, 2.05) is 24.3 Å². The number of anilines is 2. The average Bonchev–Trinajstić information content (AvgIpc) is 3.36. The van der Waals surface area contributed by atoms with Gasteiger partial charge in [0.1, 0.15) is 0 Å². The third kappa shape index (κ3) is 2.27. The highest BCUT2D eigenvalue weighted by Gasteiger charge is 2.55. The van der Waals surface area contributed by atoms with Gasteiger partial charge in [-0.3, -0.25) is 4.79 Å². The molecule has 0 bridgehead atoms. The largest absolute Gasteiger partial charge is 0.481 e. The molecule has 3 aliphatic rings. The normalized spacial score (nSPS) is 28.1. The van der Waals surface area contributed by atoms with Gasteiger partial charge in [0.25, 0.3) is 0 Å². The molecule has 0 radical (unpaired) electrons. The van der Waals surface area contributed by atoms with E-state index >= 15 is 0 Å². The lowest BCUT2D eigenvalue weighted by atomic mass is 9.81. The number of aromatic nitrogens is 2. The van der Waals surface area contributed by atoms with E-state index in [9.17, 15) is 9.90 Å². The van der Waals surface area contributed by atoms with Gasteiger partial charge in [-0.25, -0.2) is 9.97 Å². The monoisotopic (exact) mass is 352 g/mol. The van der Waals surface area contributed by atoms with Crippen LogP contribution in [0.15, 0.2) is 24.3 Å². The first kappa shape index (κ1) is 15.9. The fourth-order valence-corrected chi connectivity index (χ4v) is 5.13. The predicted molar refractivity (Wildman–Crippen MR) is 101 cm³/mol. The van der Waals surface area contributed by atoms with Crippen LogP contribution in [0.1, 0.15) is 32.1 Å². The van der Waals surface area contributed by atoms with Gasteiger partial charge < -0.3 is 14.9 Å². The minimum Gasteiger partial charge on any atom is -0.481 e. The minimum atomic E-state index is -0.640. The summed E-state index contributed by atoms with van der Waals surface area (Å²) in [5, 5.41) is 9.92. The highest BCUT2D eigenvalue weighted by Crippen LogP contribution is 2.50. The van der Waals surface area contributed by atoms with E-state index in [0.717, 1.165) is 61.6 Å². The third-order valence-electron chi connectivity index (χ3n) is 6.54. The Morgan fingerprint density at radius 3 is 2.31 bits per heavy atom. The number of nitrogens with zero attached hydrogens (tertiary/aromatic N) is 4. The summed E-state index contributed by atoms with van der Waals surface area (Å²) in [7, 11) is 0. The number of aliphatic carboxylic acids is 1. The summed E-state index contributed by atoms with van der Waals surface area (Å²) in [6.07, 6.45) is 5.16. The zero-order valence-corrected chi connectivity index (χ0v) is 14.9. The number of benzene rings is 1. The fraction of sp³-hybridized carbons (Fsp3) is 0.550. The SMILES string of the molecule is O=C(O)[C@@]12CCC[C@H]1CN(c1nc3ccccc3nc1N1CCCC1)C2. The third-order valence-corrected chi connectivity index (χ3v) is 6.54. The van der Waals surface area contributed by atoms with E-state index in [1.54, 1.807) is 0 Å². The molecule has 0 amide bonds. The van der Waals surface area contributed by atoms with Gasteiger partial charge in [0.2, 0.25) is 0 Å². The molecule has 0 unspecified atom stereocenters. The van der Waals surface area contributed by atoms with Gasteiger partial charge in [-0.1, -0.05) is 18.6 Å². The van der Waals surface area contributed by atoms with Gasteiger partial charge in [-0.05, 0) is 43.7 Å². The van der Waals surface area contributed by atoms with Crippen LogP contribution in [0.3, 0.4) is 0 Å². The molecule has 136 valence electrons. The van der Waals surface area contributed by atoms with Crippen LogP contribution in [0.2, 0.25) is 0 Å². The lowest BCUT2D eigenvalue weighted by Crippen LogP contribution is -2.36. The molecular weight excluding hydrogens is 328 g/mol. The first-order valence-electron chi connectivity index (χ1n) is 9.67. The molecule has 1 saturated carbocycles. The molecule has 1 aromatic heterocycles. The number of fused-ring (bicyclic) bond motifs is 2. The quantitative estimate of drug-likeness (QED) is 0.916. The highest BCUT2D eigenvalue weighted by molar-refractivity contribution is 5.83. The Balaban J connectivity index is 1.59. The summed E-state index contributed by atoms with van der Waals surface area (Å²) >= 11 is 0. The zero-order valence-electron chi connectivity index (χ0n) is 14.9. The van der Waals surface area contributed by atoms with Crippen LogP contribution in [0.25, 0.3) is 11.0 Å². The van der Waals surface area contributed by atoms with E-state index < -0.39 is 11.4 Å². The number of carboxylic acid groups (broad SMARTS) is 1. The summed E-state index contributed by atoms with van der Waals surface area (Å²) < 4.78 is 0. The minimum absolute atomic E-state index is 0.222. The van der Waals surface area contributed by atoms with Crippen molar-refractivity contribution in [1.29, 1.82) is 0 Å². The number of rotatable bonds is 3. The lowest BCUT2D eigenvalue weighted by molar-refractivity contribution is -0.149. The summed E-state index contributed by atoms with van der Waals surface area (Å²) in [6.45, 7) is 3.34. The average molecular weight is 352 g/mol. The van der Waals surface area contributed by atoms with E-state index in [0.29, 0.717) is 6.54 Å². The highest BCUT2D eigenvalue weighted by atomic mass is 16.4. The summed E-state index contributed by atoms with van der Waals surface area (Å²) in [5.41, 5.74) is 1.19. The standard InChI is InChI=1S/C20H24N4O2/c25-19(26)20-9-5-6-14(20)12-24(13-20)18-17(23-10-3-4-11-23)21-15-7-1-2-8-16(15)22-18/h1-2,7-8,14H,3-6,9-13H2,(H,25,26)/t14-,20+/m0/s1. The Bertz CT molecular complexity index is 864. The smallest absolute Gasteiger partial charge is 0.311 e. The summed E-state index contributed by atoms with van der Waals surface area (Å²) in [6, 6.07) is 7.96. The predicted octanol–water partition coefficient (Wildman–Crippen LogP) is 2.92. The van der Waals surface area contributed by atoms with Crippen LogP contribution in [0.5, 0.6) is 0 Å². The molecule has 3 fully saturated rings.